The van der Waals surface area contributed by atoms with Crippen molar-refractivity contribution in [2.45, 2.75) is 19.1 Å². The fourth-order valence-corrected chi connectivity index (χ4v) is 3.52. The molecule has 2 heterocycles. The van der Waals surface area contributed by atoms with Crippen molar-refractivity contribution < 1.29 is 12.9 Å². The van der Waals surface area contributed by atoms with E-state index >= 15 is 0 Å². The number of rotatable bonds is 6. The van der Waals surface area contributed by atoms with Gasteiger partial charge in [-0.05, 0) is 24.5 Å². The number of aromatic nitrogens is 2. The van der Waals surface area contributed by atoms with Gasteiger partial charge in [0.2, 0.25) is 10.0 Å². The normalized spacial score (nSPS) is 12.0. The lowest BCUT2D eigenvalue weighted by Gasteiger charge is -2.05. The Morgan fingerprint density at radius 1 is 1.32 bits per heavy atom. The molecule has 0 amide bonds. The summed E-state index contributed by atoms with van der Waals surface area (Å²) in [5.41, 5.74) is 3.77. The Kier molecular flexibility index (Phi) is 4.00. The first-order valence-corrected chi connectivity index (χ1v) is 8.62. The van der Waals surface area contributed by atoms with Crippen molar-refractivity contribution in [3.8, 4) is 0 Å². The van der Waals surface area contributed by atoms with Gasteiger partial charge >= 0.3 is 0 Å². The van der Waals surface area contributed by atoms with E-state index in [1.807, 2.05) is 31.3 Å². The van der Waals surface area contributed by atoms with Gasteiger partial charge in [0.15, 0.2) is 0 Å². The fourth-order valence-electron chi connectivity index (χ4n) is 2.47. The lowest BCUT2D eigenvalue weighted by atomic mass is 10.1. The van der Waals surface area contributed by atoms with Gasteiger partial charge in [-0.1, -0.05) is 23.4 Å². The highest BCUT2D eigenvalue weighted by Crippen LogP contribution is 2.21. The average molecular weight is 319 g/mol. The standard InChI is InChI=1S/C15H17N3O3S/c1-11-3-2-4-14-12(9-16-15(11)14)5-7-17-22(19,20)10-13-6-8-21-18-13/h2-4,6,8-9,16-17H,5,7,10H2,1H3. The second-order valence-corrected chi connectivity index (χ2v) is 7.01. The van der Waals surface area contributed by atoms with E-state index in [2.05, 4.69) is 19.4 Å². The number of hydrogen-bond acceptors (Lipinski definition) is 4. The molecule has 0 saturated heterocycles. The van der Waals surface area contributed by atoms with Gasteiger partial charge in [0, 0.05) is 29.7 Å². The molecule has 3 rings (SSSR count). The molecule has 116 valence electrons. The van der Waals surface area contributed by atoms with Crippen LogP contribution in [-0.2, 0) is 22.2 Å². The van der Waals surface area contributed by atoms with Crippen LogP contribution < -0.4 is 4.72 Å². The van der Waals surface area contributed by atoms with Gasteiger partial charge in [0.05, 0.1) is 5.69 Å². The van der Waals surface area contributed by atoms with Crippen molar-refractivity contribution in [1.29, 1.82) is 0 Å². The van der Waals surface area contributed by atoms with Crippen LogP contribution in [0.15, 0.2) is 41.2 Å². The summed E-state index contributed by atoms with van der Waals surface area (Å²) in [7, 11) is -3.40. The zero-order valence-corrected chi connectivity index (χ0v) is 13.0. The summed E-state index contributed by atoms with van der Waals surface area (Å²) in [6, 6.07) is 7.63. The predicted octanol–water partition coefficient (Wildman–Crippen LogP) is 2.13. The maximum atomic E-state index is 11.9. The van der Waals surface area contributed by atoms with Crippen LogP contribution in [-0.4, -0.2) is 25.1 Å². The highest BCUT2D eigenvalue weighted by Gasteiger charge is 2.13. The molecule has 7 heteroatoms. The lowest BCUT2D eigenvalue weighted by Crippen LogP contribution is -2.27. The number of aromatic amines is 1. The number of sulfonamides is 1. The van der Waals surface area contributed by atoms with Crippen molar-refractivity contribution in [2.75, 3.05) is 6.54 Å². The first-order chi connectivity index (χ1) is 10.6. The molecule has 0 aliphatic heterocycles. The number of H-pyrrole nitrogens is 1. The molecule has 6 nitrogen and oxygen atoms in total. The highest BCUT2D eigenvalue weighted by molar-refractivity contribution is 7.88. The third-order valence-electron chi connectivity index (χ3n) is 3.55. The first-order valence-electron chi connectivity index (χ1n) is 6.97. The molecule has 1 aromatic carbocycles. The number of aryl methyl sites for hydroxylation is 1. The topological polar surface area (TPSA) is 88.0 Å². The van der Waals surface area contributed by atoms with Crippen LogP contribution >= 0.6 is 0 Å². The summed E-state index contributed by atoms with van der Waals surface area (Å²) in [5, 5.41) is 4.75. The Balaban J connectivity index is 1.64. The molecule has 22 heavy (non-hydrogen) atoms. The minimum Gasteiger partial charge on any atom is -0.364 e. The number of para-hydroxylation sites is 1. The molecule has 0 aliphatic rings. The Morgan fingerprint density at radius 2 is 2.18 bits per heavy atom. The molecule has 0 unspecified atom stereocenters. The van der Waals surface area contributed by atoms with Crippen LogP contribution in [0.25, 0.3) is 10.9 Å². The molecule has 0 fully saturated rings. The molecule has 2 N–H and O–H groups in total. The first kappa shape index (κ1) is 14.8. The molecule has 0 radical (unpaired) electrons. The van der Waals surface area contributed by atoms with Gasteiger partial charge in [-0.2, -0.15) is 0 Å². The Bertz CT molecular complexity index is 867. The largest absolute Gasteiger partial charge is 0.364 e. The van der Waals surface area contributed by atoms with Gasteiger partial charge < -0.3 is 9.51 Å². The number of nitrogens with zero attached hydrogens (tertiary/aromatic N) is 1. The third-order valence-corrected chi connectivity index (χ3v) is 4.87. The summed E-state index contributed by atoms with van der Waals surface area (Å²) >= 11 is 0. The summed E-state index contributed by atoms with van der Waals surface area (Å²) in [5.74, 6) is -0.170. The van der Waals surface area contributed by atoms with E-state index in [0.717, 1.165) is 16.5 Å². The molecule has 0 spiro atoms. The summed E-state index contributed by atoms with van der Waals surface area (Å²) in [4.78, 5) is 3.24. The third kappa shape index (κ3) is 3.20. The van der Waals surface area contributed by atoms with E-state index in [1.54, 1.807) is 6.07 Å². The zero-order chi connectivity index (χ0) is 15.6. The summed E-state index contributed by atoms with van der Waals surface area (Å²) in [6.45, 7) is 2.39. The zero-order valence-electron chi connectivity index (χ0n) is 12.2. The molecule has 0 saturated carbocycles. The highest BCUT2D eigenvalue weighted by atomic mass is 32.2. The SMILES string of the molecule is Cc1cccc2c(CCNS(=O)(=O)Cc3ccon3)c[nH]c12. The maximum absolute atomic E-state index is 11.9. The number of fused-ring (bicyclic) bond motifs is 1. The Labute approximate surface area is 128 Å². The van der Waals surface area contributed by atoms with Crippen LogP contribution in [0.4, 0.5) is 0 Å². The van der Waals surface area contributed by atoms with Crippen molar-refractivity contribution in [2.24, 2.45) is 0 Å². The monoisotopic (exact) mass is 319 g/mol. The second kappa shape index (κ2) is 5.94. The van der Waals surface area contributed by atoms with Gasteiger partial charge in [-0.25, -0.2) is 13.1 Å². The number of benzene rings is 1. The molecule has 3 aromatic rings. The predicted molar refractivity (Wildman–Crippen MR) is 83.9 cm³/mol. The van der Waals surface area contributed by atoms with Crippen LogP contribution in [0.2, 0.25) is 0 Å². The molecule has 0 bridgehead atoms. The fraction of sp³-hybridized carbons (Fsp3) is 0.267. The second-order valence-electron chi connectivity index (χ2n) is 5.21. The van der Waals surface area contributed by atoms with E-state index < -0.39 is 10.0 Å². The van der Waals surface area contributed by atoms with Crippen molar-refractivity contribution >= 4 is 20.9 Å². The van der Waals surface area contributed by atoms with E-state index in [4.69, 9.17) is 0 Å². The minimum atomic E-state index is -3.40. The van der Waals surface area contributed by atoms with Crippen LogP contribution in [0.5, 0.6) is 0 Å². The Hall–Kier alpha value is -2.12. The molecular weight excluding hydrogens is 302 g/mol. The van der Waals surface area contributed by atoms with Crippen molar-refractivity contribution in [3.05, 3.63) is 53.5 Å². The van der Waals surface area contributed by atoms with Crippen molar-refractivity contribution in [1.82, 2.24) is 14.9 Å². The Morgan fingerprint density at radius 3 is 2.95 bits per heavy atom. The summed E-state index contributed by atoms with van der Waals surface area (Å²) < 4.78 is 31.1. The van der Waals surface area contributed by atoms with Gasteiger partial charge in [-0.15, -0.1) is 0 Å². The minimum absolute atomic E-state index is 0.170. The molecule has 2 aromatic heterocycles. The van der Waals surface area contributed by atoms with E-state index in [-0.39, 0.29) is 5.75 Å². The smallest absolute Gasteiger partial charge is 0.217 e. The van der Waals surface area contributed by atoms with Gasteiger partial charge in [0.1, 0.15) is 12.0 Å². The van der Waals surface area contributed by atoms with E-state index in [1.165, 1.54) is 11.8 Å². The van der Waals surface area contributed by atoms with Crippen LogP contribution in [0.3, 0.4) is 0 Å². The molecule has 0 aliphatic carbocycles. The molecule has 0 atom stereocenters. The maximum Gasteiger partial charge on any atom is 0.217 e. The van der Waals surface area contributed by atoms with Crippen LogP contribution in [0, 0.1) is 6.92 Å². The van der Waals surface area contributed by atoms with Crippen molar-refractivity contribution in [3.63, 3.8) is 0 Å². The van der Waals surface area contributed by atoms with E-state index in [0.29, 0.717) is 18.7 Å². The molecular formula is C15H17N3O3S. The van der Waals surface area contributed by atoms with Crippen LogP contribution in [0.1, 0.15) is 16.8 Å². The quantitative estimate of drug-likeness (QED) is 0.728. The van der Waals surface area contributed by atoms with E-state index in [9.17, 15) is 8.42 Å². The summed E-state index contributed by atoms with van der Waals surface area (Å²) in [6.07, 6.45) is 3.92. The van der Waals surface area contributed by atoms with Gasteiger partial charge in [0.25, 0.3) is 0 Å². The number of nitrogens with one attached hydrogen (secondary N) is 2. The number of hydrogen-bond donors (Lipinski definition) is 2. The van der Waals surface area contributed by atoms with Gasteiger partial charge in [-0.3, -0.25) is 0 Å². The average Bonchev–Trinajstić information content (AvgIpc) is 3.09. The lowest BCUT2D eigenvalue weighted by molar-refractivity contribution is 0.413.